The summed E-state index contributed by atoms with van der Waals surface area (Å²) < 4.78 is 40.0. The van der Waals surface area contributed by atoms with Gasteiger partial charge in [0.05, 0.1) is 11.5 Å². The normalized spacial score (nSPS) is 15.0. The third-order valence-corrected chi connectivity index (χ3v) is 4.90. The molecule has 0 saturated heterocycles. The Kier molecular flexibility index (Phi) is 7.77. The average molecular weight is 379 g/mol. The lowest BCUT2D eigenvalue weighted by Gasteiger charge is -2.23. The Labute approximate surface area is 149 Å². The number of benzene rings is 1. The van der Waals surface area contributed by atoms with Crippen LogP contribution in [0.25, 0.3) is 0 Å². The molecule has 0 aromatic heterocycles. The number of aliphatic hydroxyl groups is 1. The minimum absolute atomic E-state index is 0.0989. The van der Waals surface area contributed by atoms with E-state index in [9.17, 15) is 23.1 Å². The van der Waals surface area contributed by atoms with Crippen molar-refractivity contribution in [2.24, 2.45) is 5.73 Å². The quantitative estimate of drug-likeness (QED) is 0.572. The first kappa shape index (κ1) is 21.8. The number of hydrogen-bond acceptors (Lipinski definition) is 4. The molecule has 1 aromatic carbocycles. The highest BCUT2D eigenvalue weighted by atomic mass is 32.2. The molecule has 0 saturated carbocycles. The Morgan fingerprint density at radius 3 is 2.12 bits per heavy atom. The van der Waals surface area contributed by atoms with Crippen LogP contribution in [-0.4, -0.2) is 39.9 Å². The van der Waals surface area contributed by atoms with E-state index in [2.05, 4.69) is 0 Å². The zero-order valence-electron chi connectivity index (χ0n) is 14.2. The summed E-state index contributed by atoms with van der Waals surface area (Å²) in [7, 11) is 0. The maximum absolute atomic E-state index is 13.3. The van der Waals surface area contributed by atoms with E-state index in [-0.39, 0.29) is 24.2 Å². The highest BCUT2D eigenvalue weighted by Gasteiger charge is 2.40. The predicted octanol–water partition coefficient (Wildman–Crippen LogP) is 3.49. The Hall–Kier alpha value is -1.25. The van der Waals surface area contributed by atoms with E-state index >= 15 is 0 Å². The van der Waals surface area contributed by atoms with Gasteiger partial charge in [-0.2, -0.15) is 24.9 Å². The van der Waals surface area contributed by atoms with Crippen molar-refractivity contribution < 1.29 is 28.2 Å². The Morgan fingerprint density at radius 2 is 1.68 bits per heavy atom. The molecule has 1 rings (SSSR count). The molecule has 1 aromatic rings. The van der Waals surface area contributed by atoms with Crippen LogP contribution in [0.15, 0.2) is 24.3 Å². The molecular weight excluding hydrogens is 355 g/mol. The van der Waals surface area contributed by atoms with E-state index < -0.39 is 29.7 Å². The lowest BCUT2D eigenvalue weighted by molar-refractivity contribution is -0.150. The van der Waals surface area contributed by atoms with Crippen LogP contribution >= 0.6 is 11.8 Å². The summed E-state index contributed by atoms with van der Waals surface area (Å²) in [6.07, 6.45) is -4.25. The smallest absolute Gasteiger partial charge is 0.395 e. The SMILES string of the molecule is CC(C)(O)c1ccc(C(CCSCCC(N)C(=O)O)C(F)(F)F)cc1. The van der Waals surface area contributed by atoms with E-state index in [0.29, 0.717) is 11.3 Å². The zero-order valence-corrected chi connectivity index (χ0v) is 15.0. The van der Waals surface area contributed by atoms with Crippen LogP contribution in [0.4, 0.5) is 13.2 Å². The van der Waals surface area contributed by atoms with Crippen molar-refractivity contribution in [1.29, 1.82) is 0 Å². The monoisotopic (exact) mass is 379 g/mol. The minimum Gasteiger partial charge on any atom is -0.480 e. The van der Waals surface area contributed by atoms with Gasteiger partial charge < -0.3 is 15.9 Å². The van der Waals surface area contributed by atoms with Gasteiger partial charge in [0.1, 0.15) is 6.04 Å². The van der Waals surface area contributed by atoms with Crippen molar-refractivity contribution >= 4 is 17.7 Å². The van der Waals surface area contributed by atoms with Crippen LogP contribution in [-0.2, 0) is 10.4 Å². The molecule has 0 radical (unpaired) electrons. The van der Waals surface area contributed by atoms with Gasteiger partial charge in [0, 0.05) is 0 Å². The van der Waals surface area contributed by atoms with Crippen molar-refractivity contribution in [1.82, 2.24) is 0 Å². The van der Waals surface area contributed by atoms with E-state index in [1.807, 2.05) is 0 Å². The summed E-state index contributed by atoms with van der Waals surface area (Å²) >= 11 is 1.26. The first-order valence-electron chi connectivity index (χ1n) is 7.88. The molecule has 0 aliphatic heterocycles. The number of carboxylic acid groups (broad SMARTS) is 1. The number of thioether (sulfide) groups is 1. The van der Waals surface area contributed by atoms with Crippen LogP contribution in [0.2, 0.25) is 0 Å². The van der Waals surface area contributed by atoms with Gasteiger partial charge in [0.25, 0.3) is 0 Å². The first-order chi connectivity index (χ1) is 11.4. The fourth-order valence-electron chi connectivity index (χ4n) is 2.28. The fourth-order valence-corrected chi connectivity index (χ4v) is 3.31. The second-order valence-electron chi connectivity index (χ2n) is 6.41. The van der Waals surface area contributed by atoms with E-state index in [1.54, 1.807) is 13.8 Å². The third kappa shape index (κ3) is 7.25. The molecule has 8 heteroatoms. The Balaban J connectivity index is 2.65. The second-order valence-corrected chi connectivity index (χ2v) is 7.63. The number of halogens is 3. The number of carbonyl (C=O) groups is 1. The molecular formula is C17H24F3NO3S. The van der Waals surface area contributed by atoms with Crippen LogP contribution in [0.5, 0.6) is 0 Å². The van der Waals surface area contributed by atoms with Gasteiger partial charge in [-0.05, 0) is 49.3 Å². The van der Waals surface area contributed by atoms with Crippen molar-refractivity contribution in [2.75, 3.05) is 11.5 Å². The zero-order chi connectivity index (χ0) is 19.3. The van der Waals surface area contributed by atoms with Gasteiger partial charge in [-0.15, -0.1) is 0 Å². The number of hydrogen-bond donors (Lipinski definition) is 3. The van der Waals surface area contributed by atoms with Gasteiger partial charge in [-0.1, -0.05) is 24.3 Å². The molecule has 2 atom stereocenters. The van der Waals surface area contributed by atoms with E-state index in [4.69, 9.17) is 10.8 Å². The summed E-state index contributed by atoms with van der Waals surface area (Å²) in [6, 6.07) is 4.83. The summed E-state index contributed by atoms with van der Waals surface area (Å²) in [4.78, 5) is 10.6. The van der Waals surface area contributed by atoms with Crippen molar-refractivity contribution in [2.45, 2.75) is 50.4 Å². The van der Waals surface area contributed by atoms with Gasteiger partial charge >= 0.3 is 12.1 Å². The van der Waals surface area contributed by atoms with Gasteiger partial charge in [0.15, 0.2) is 0 Å². The molecule has 0 aliphatic carbocycles. The second kappa shape index (κ2) is 8.91. The largest absolute Gasteiger partial charge is 0.480 e. The molecule has 0 spiro atoms. The standard InChI is InChI=1S/C17H24F3NO3S/c1-16(2,24)12-5-3-11(4-6-12)13(17(18,19)20)7-9-25-10-8-14(21)15(22)23/h3-6,13-14,24H,7-10,21H2,1-2H3,(H,22,23). The van der Waals surface area contributed by atoms with E-state index in [0.717, 1.165) is 0 Å². The van der Waals surface area contributed by atoms with Crippen LogP contribution in [0, 0.1) is 0 Å². The molecule has 0 fully saturated rings. The topological polar surface area (TPSA) is 83.5 Å². The van der Waals surface area contributed by atoms with Crippen LogP contribution in [0.1, 0.15) is 43.7 Å². The molecule has 2 unspecified atom stereocenters. The number of aliphatic carboxylic acids is 1. The number of alkyl halides is 3. The summed E-state index contributed by atoms with van der Waals surface area (Å²) in [5.74, 6) is -2.05. The highest BCUT2D eigenvalue weighted by Crippen LogP contribution is 2.38. The molecule has 0 amide bonds. The van der Waals surface area contributed by atoms with Crippen molar-refractivity contribution in [3.63, 3.8) is 0 Å². The number of rotatable bonds is 9. The first-order valence-corrected chi connectivity index (χ1v) is 9.04. The van der Waals surface area contributed by atoms with Crippen LogP contribution in [0.3, 0.4) is 0 Å². The molecule has 4 N–H and O–H groups in total. The summed E-state index contributed by atoms with van der Waals surface area (Å²) in [5.41, 5.74) is 4.95. The summed E-state index contributed by atoms with van der Waals surface area (Å²) in [6.45, 7) is 3.14. The molecule has 0 heterocycles. The molecule has 25 heavy (non-hydrogen) atoms. The van der Waals surface area contributed by atoms with Crippen molar-refractivity contribution in [3.8, 4) is 0 Å². The van der Waals surface area contributed by atoms with Crippen molar-refractivity contribution in [3.05, 3.63) is 35.4 Å². The number of carboxylic acids is 1. The lowest BCUT2D eigenvalue weighted by atomic mass is 9.91. The molecule has 0 bridgehead atoms. The highest BCUT2D eigenvalue weighted by molar-refractivity contribution is 7.99. The maximum Gasteiger partial charge on any atom is 0.395 e. The molecule has 4 nitrogen and oxygen atoms in total. The molecule has 0 aliphatic rings. The number of nitrogens with two attached hydrogens (primary N) is 1. The maximum atomic E-state index is 13.3. The predicted molar refractivity (Wildman–Crippen MR) is 92.7 cm³/mol. The average Bonchev–Trinajstić information content (AvgIpc) is 2.48. The van der Waals surface area contributed by atoms with Gasteiger partial charge in [0.2, 0.25) is 0 Å². The lowest BCUT2D eigenvalue weighted by Crippen LogP contribution is -2.30. The molecule has 142 valence electrons. The summed E-state index contributed by atoms with van der Waals surface area (Å²) in [5, 5.41) is 18.5. The fraction of sp³-hybridized carbons (Fsp3) is 0.588. The van der Waals surface area contributed by atoms with Gasteiger partial charge in [-0.3, -0.25) is 4.79 Å². The van der Waals surface area contributed by atoms with Gasteiger partial charge in [-0.25, -0.2) is 0 Å². The Morgan fingerprint density at radius 1 is 1.16 bits per heavy atom. The van der Waals surface area contributed by atoms with E-state index in [1.165, 1.54) is 36.0 Å². The van der Waals surface area contributed by atoms with Crippen LogP contribution < -0.4 is 5.73 Å². The minimum atomic E-state index is -4.37. The Bertz CT molecular complexity index is 556. The third-order valence-electron chi connectivity index (χ3n) is 3.86.